The molecule has 4 N–H and O–H groups in total. The van der Waals surface area contributed by atoms with Crippen LogP contribution in [0.2, 0.25) is 0 Å². The number of carbonyl (C=O) groups excluding carboxylic acids is 3. The first kappa shape index (κ1) is 19.1. The zero-order valence-electron chi connectivity index (χ0n) is 14.4. The number of hydrogen-bond acceptors (Lipinski definition) is 5. The maximum Gasteiger partial charge on any atom is 0.248 e. The first-order valence-electron chi connectivity index (χ1n) is 8.30. The van der Waals surface area contributed by atoms with Crippen LogP contribution in [0.1, 0.15) is 33.1 Å². The van der Waals surface area contributed by atoms with Gasteiger partial charge in [-0.3, -0.25) is 14.4 Å². The van der Waals surface area contributed by atoms with E-state index in [1.807, 2.05) is 6.08 Å². The van der Waals surface area contributed by atoms with Crippen molar-refractivity contribution >= 4 is 17.6 Å². The SMILES string of the molecule is CC(C)CC=CC=CC(=O)NC1=CC(O)(CCC(N)=O)C2OC2C1=O. The predicted octanol–water partition coefficient (Wildman–Crippen LogP) is 0.492. The van der Waals surface area contributed by atoms with E-state index < -0.39 is 29.6 Å². The maximum atomic E-state index is 12.1. The van der Waals surface area contributed by atoms with Gasteiger partial charge in [-0.1, -0.05) is 32.1 Å². The number of allylic oxidation sites excluding steroid dienone is 3. The molecule has 7 nitrogen and oxygen atoms in total. The number of nitrogens with one attached hydrogen (secondary N) is 1. The zero-order chi connectivity index (χ0) is 18.6. The topological polar surface area (TPSA) is 122 Å². The van der Waals surface area contributed by atoms with Crippen molar-refractivity contribution in [1.29, 1.82) is 0 Å². The standard InChI is InChI=1S/C18H24N2O5/c1-11(2)6-4-3-5-7-14(22)20-12-10-18(24,9-8-13(19)21)17-16(25-17)15(12)23/h3-5,7,10-11,16-17,24H,6,8-9H2,1-2H3,(H2,19,21)(H,20,22). The van der Waals surface area contributed by atoms with Gasteiger partial charge < -0.3 is 20.9 Å². The average molecular weight is 348 g/mol. The van der Waals surface area contributed by atoms with Gasteiger partial charge in [-0.05, 0) is 24.8 Å². The fourth-order valence-corrected chi connectivity index (χ4v) is 2.63. The number of ketones is 1. The number of nitrogens with two attached hydrogens (primary N) is 1. The van der Waals surface area contributed by atoms with Crippen LogP contribution in [0.25, 0.3) is 0 Å². The van der Waals surface area contributed by atoms with Crippen LogP contribution in [0.5, 0.6) is 0 Å². The summed E-state index contributed by atoms with van der Waals surface area (Å²) in [5.41, 5.74) is 3.59. The van der Waals surface area contributed by atoms with Crippen LogP contribution >= 0.6 is 0 Å². The fraction of sp³-hybridized carbons (Fsp3) is 0.500. The summed E-state index contributed by atoms with van der Waals surface area (Å²) in [6.45, 7) is 4.18. The molecule has 2 rings (SSSR count). The molecule has 3 unspecified atom stereocenters. The number of aliphatic hydroxyl groups is 1. The molecule has 25 heavy (non-hydrogen) atoms. The molecular formula is C18H24N2O5. The van der Waals surface area contributed by atoms with Crippen molar-refractivity contribution in [2.75, 3.05) is 0 Å². The van der Waals surface area contributed by atoms with E-state index in [2.05, 4.69) is 19.2 Å². The van der Waals surface area contributed by atoms with E-state index in [1.165, 1.54) is 12.2 Å². The van der Waals surface area contributed by atoms with E-state index in [9.17, 15) is 19.5 Å². The quantitative estimate of drug-likeness (QED) is 0.335. The van der Waals surface area contributed by atoms with E-state index in [4.69, 9.17) is 10.5 Å². The van der Waals surface area contributed by atoms with Crippen molar-refractivity contribution in [1.82, 2.24) is 5.32 Å². The molecule has 0 aromatic rings. The minimum absolute atomic E-state index is 0.0217. The third-order valence-corrected chi connectivity index (χ3v) is 4.03. The Labute approximate surface area is 146 Å². The molecular weight excluding hydrogens is 324 g/mol. The summed E-state index contributed by atoms with van der Waals surface area (Å²) in [5, 5.41) is 13.1. The van der Waals surface area contributed by atoms with Crippen molar-refractivity contribution in [3.05, 3.63) is 36.1 Å². The normalized spacial score (nSPS) is 28.3. The van der Waals surface area contributed by atoms with Crippen LogP contribution in [0.4, 0.5) is 0 Å². The summed E-state index contributed by atoms with van der Waals surface area (Å²) in [6.07, 6.45) is 7.27. The van der Waals surface area contributed by atoms with E-state index >= 15 is 0 Å². The number of epoxide rings is 1. The lowest BCUT2D eigenvalue weighted by Gasteiger charge is -2.26. The van der Waals surface area contributed by atoms with Crippen molar-refractivity contribution < 1.29 is 24.2 Å². The van der Waals surface area contributed by atoms with Crippen molar-refractivity contribution in [2.24, 2.45) is 11.7 Å². The Morgan fingerprint density at radius 1 is 1.44 bits per heavy atom. The van der Waals surface area contributed by atoms with Gasteiger partial charge in [-0.2, -0.15) is 0 Å². The Bertz CT molecular complexity index is 650. The molecule has 1 heterocycles. The smallest absolute Gasteiger partial charge is 0.248 e. The Morgan fingerprint density at radius 2 is 2.16 bits per heavy atom. The molecule has 0 aromatic carbocycles. The van der Waals surface area contributed by atoms with Crippen LogP contribution in [-0.4, -0.2) is 40.5 Å². The zero-order valence-corrected chi connectivity index (χ0v) is 14.4. The lowest BCUT2D eigenvalue weighted by Crippen LogP contribution is -2.44. The average Bonchev–Trinajstić information content (AvgIpc) is 3.32. The second-order valence-corrected chi connectivity index (χ2v) is 6.76. The van der Waals surface area contributed by atoms with Crippen LogP contribution in [0.3, 0.4) is 0 Å². The molecule has 0 saturated carbocycles. The second kappa shape index (κ2) is 7.76. The van der Waals surface area contributed by atoms with Gasteiger partial charge in [-0.25, -0.2) is 0 Å². The van der Waals surface area contributed by atoms with Gasteiger partial charge in [0.05, 0.1) is 5.70 Å². The highest BCUT2D eigenvalue weighted by Gasteiger charge is 2.60. The second-order valence-electron chi connectivity index (χ2n) is 6.76. The summed E-state index contributed by atoms with van der Waals surface area (Å²) in [7, 11) is 0. The highest BCUT2D eigenvalue weighted by atomic mass is 16.6. The van der Waals surface area contributed by atoms with Crippen molar-refractivity contribution in [3.63, 3.8) is 0 Å². The van der Waals surface area contributed by atoms with Gasteiger partial charge >= 0.3 is 0 Å². The van der Waals surface area contributed by atoms with Crippen molar-refractivity contribution in [2.45, 2.75) is 50.9 Å². The highest BCUT2D eigenvalue weighted by molar-refractivity contribution is 6.06. The summed E-state index contributed by atoms with van der Waals surface area (Å²) in [4.78, 5) is 35.0. The number of fused-ring (bicyclic) bond motifs is 1. The van der Waals surface area contributed by atoms with Crippen LogP contribution in [0, 0.1) is 5.92 Å². The Balaban J connectivity index is 1.99. The van der Waals surface area contributed by atoms with Gasteiger partial charge in [0.1, 0.15) is 11.7 Å². The molecule has 1 aliphatic heterocycles. The van der Waals surface area contributed by atoms with E-state index in [0.29, 0.717) is 5.92 Å². The van der Waals surface area contributed by atoms with Gasteiger partial charge in [0.15, 0.2) is 6.10 Å². The third kappa shape index (κ3) is 5.11. The van der Waals surface area contributed by atoms with Gasteiger partial charge in [0, 0.05) is 12.5 Å². The summed E-state index contributed by atoms with van der Waals surface area (Å²) in [5.74, 6) is -0.887. The molecule has 2 amide bonds. The van der Waals surface area contributed by atoms with Gasteiger partial charge in [-0.15, -0.1) is 0 Å². The number of Topliss-reactive ketones (excluding diaryl/α,β-unsaturated/α-hetero) is 1. The minimum atomic E-state index is -1.49. The van der Waals surface area contributed by atoms with E-state index in [0.717, 1.165) is 6.42 Å². The number of rotatable bonds is 8. The summed E-state index contributed by atoms with van der Waals surface area (Å²) < 4.78 is 5.20. The van der Waals surface area contributed by atoms with Crippen LogP contribution in [-0.2, 0) is 19.1 Å². The molecule has 7 heteroatoms. The van der Waals surface area contributed by atoms with Crippen LogP contribution < -0.4 is 11.1 Å². The number of hydrogen-bond donors (Lipinski definition) is 3. The molecule has 0 bridgehead atoms. The van der Waals surface area contributed by atoms with Crippen molar-refractivity contribution in [3.8, 4) is 0 Å². The lowest BCUT2D eigenvalue weighted by atomic mass is 9.84. The molecule has 1 saturated heterocycles. The number of primary amides is 1. The monoisotopic (exact) mass is 348 g/mol. The maximum absolute atomic E-state index is 12.1. The van der Waals surface area contributed by atoms with Gasteiger partial charge in [0.25, 0.3) is 0 Å². The summed E-state index contributed by atoms with van der Waals surface area (Å²) in [6, 6.07) is 0. The molecule has 136 valence electrons. The number of carbonyl (C=O) groups is 3. The minimum Gasteiger partial charge on any atom is -0.383 e. The fourth-order valence-electron chi connectivity index (χ4n) is 2.63. The number of amides is 2. The molecule has 2 aliphatic rings. The molecule has 0 radical (unpaired) electrons. The Morgan fingerprint density at radius 3 is 2.80 bits per heavy atom. The Hall–Kier alpha value is -2.25. The van der Waals surface area contributed by atoms with E-state index in [-0.39, 0.29) is 24.3 Å². The molecule has 0 spiro atoms. The molecule has 3 atom stereocenters. The van der Waals surface area contributed by atoms with Crippen LogP contribution in [0.15, 0.2) is 36.1 Å². The Kier molecular flexibility index (Phi) is 5.92. The highest BCUT2D eigenvalue weighted by Crippen LogP contribution is 2.42. The largest absolute Gasteiger partial charge is 0.383 e. The summed E-state index contributed by atoms with van der Waals surface area (Å²) >= 11 is 0. The van der Waals surface area contributed by atoms with Gasteiger partial charge in [0.2, 0.25) is 17.6 Å². The van der Waals surface area contributed by atoms with E-state index in [1.54, 1.807) is 12.2 Å². The molecule has 1 aliphatic carbocycles. The number of ether oxygens (including phenoxy) is 1. The third-order valence-electron chi connectivity index (χ3n) is 4.03. The predicted molar refractivity (Wildman–Crippen MR) is 91.0 cm³/mol. The first-order chi connectivity index (χ1) is 11.7. The first-order valence-corrected chi connectivity index (χ1v) is 8.30. The lowest BCUT2D eigenvalue weighted by molar-refractivity contribution is -0.121. The molecule has 1 fully saturated rings. The molecule has 0 aromatic heterocycles.